The summed E-state index contributed by atoms with van der Waals surface area (Å²) in [5.41, 5.74) is 3.14. The van der Waals surface area contributed by atoms with Crippen LogP contribution in [-0.4, -0.2) is 15.9 Å². The predicted molar refractivity (Wildman–Crippen MR) is 112 cm³/mol. The van der Waals surface area contributed by atoms with Crippen molar-refractivity contribution in [2.45, 2.75) is 13.0 Å². The van der Waals surface area contributed by atoms with E-state index in [1.807, 2.05) is 48.5 Å². The van der Waals surface area contributed by atoms with Crippen molar-refractivity contribution in [3.05, 3.63) is 96.3 Å². The summed E-state index contributed by atoms with van der Waals surface area (Å²) in [5, 5.41) is 7.28. The topological polar surface area (TPSA) is 66.9 Å². The third-order valence-electron chi connectivity index (χ3n) is 4.57. The molecule has 4 aromatic rings. The third-order valence-corrected chi connectivity index (χ3v) is 4.57. The number of amides is 1. The van der Waals surface area contributed by atoms with Crippen LogP contribution < -0.4 is 10.6 Å². The number of rotatable bonds is 5. The van der Waals surface area contributed by atoms with Gasteiger partial charge in [0.05, 0.1) is 11.2 Å². The lowest BCUT2D eigenvalue weighted by atomic mass is 10.1. The molecule has 1 atom stereocenters. The highest BCUT2D eigenvalue weighted by atomic mass is 16.1. The molecular weight excluding hydrogens is 348 g/mol. The lowest BCUT2D eigenvalue weighted by Gasteiger charge is -2.15. The van der Waals surface area contributed by atoms with Gasteiger partial charge in [0.1, 0.15) is 5.82 Å². The molecule has 138 valence electrons. The summed E-state index contributed by atoms with van der Waals surface area (Å²) in [6.45, 7) is 2.06. The second-order valence-electron chi connectivity index (χ2n) is 6.54. The number of fused-ring (bicyclic) bond motifs is 1. The van der Waals surface area contributed by atoms with Gasteiger partial charge in [-0.2, -0.15) is 0 Å². The molecule has 0 bridgehead atoms. The molecule has 1 unspecified atom stereocenters. The molecule has 0 aliphatic rings. The van der Waals surface area contributed by atoms with E-state index in [0.717, 1.165) is 16.5 Å². The van der Waals surface area contributed by atoms with Gasteiger partial charge in [0.25, 0.3) is 5.91 Å². The molecule has 0 aliphatic carbocycles. The van der Waals surface area contributed by atoms with Gasteiger partial charge in [-0.05, 0) is 36.8 Å². The van der Waals surface area contributed by atoms with Crippen LogP contribution >= 0.6 is 0 Å². The Hall–Kier alpha value is -3.73. The summed E-state index contributed by atoms with van der Waals surface area (Å²) < 4.78 is 0. The van der Waals surface area contributed by atoms with Gasteiger partial charge in [0.15, 0.2) is 0 Å². The zero-order valence-electron chi connectivity index (χ0n) is 15.5. The maximum Gasteiger partial charge on any atom is 0.255 e. The van der Waals surface area contributed by atoms with Crippen molar-refractivity contribution in [3.8, 4) is 0 Å². The highest BCUT2D eigenvalue weighted by molar-refractivity contribution is 6.08. The molecule has 0 radical (unpaired) electrons. The van der Waals surface area contributed by atoms with Crippen LogP contribution in [0.3, 0.4) is 0 Å². The second kappa shape index (κ2) is 7.88. The number of pyridine rings is 2. The monoisotopic (exact) mass is 368 g/mol. The van der Waals surface area contributed by atoms with Crippen molar-refractivity contribution in [1.29, 1.82) is 0 Å². The van der Waals surface area contributed by atoms with Crippen LogP contribution in [-0.2, 0) is 0 Å². The Morgan fingerprint density at radius 3 is 2.57 bits per heavy atom. The minimum atomic E-state index is -0.198. The Labute approximate surface area is 163 Å². The number of anilines is 2. The highest BCUT2D eigenvalue weighted by Gasteiger charge is 2.11. The predicted octanol–water partition coefficient (Wildman–Crippen LogP) is 5.06. The van der Waals surface area contributed by atoms with Crippen LogP contribution in [0.1, 0.15) is 28.9 Å². The van der Waals surface area contributed by atoms with Gasteiger partial charge in [-0.25, -0.2) is 4.98 Å². The second-order valence-corrected chi connectivity index (χ2v) is 6.54. The normalized spacial score (nSPS) is 11.8. The van der Waals surface area contributed by atoms with Crippen molar-refractivity contribution in [3.63, 3.8) is 0 Å². The van der Waals surface area contributed by atoms with E-state index >= 15 is 0 Å². The molecule has 2 heterocycles. The first-order valence-corrected chi connectivity index (χ1v) is 9.13. The first kappa shape index (κ1) is 17.7. The molecule has 0 fully saturated rings. The third kappa shape index (κ3) is 3.83. The number of aromatic nitrogens is 2. The van der Waals surface area contributed by atoms with E-state index in [1.54, 1.807) is 24.5 Å². The maximum atomic E-state index is 12.8. The number of carbonyl (C=O) groups is 1. The Kier molecular flexibility index (Phi) is 4.97. The number of carbonyl (C=O) groups excluding carboxylic acids is 1. The van der Waals surface area contributed by atoms with Crippen molar-refractivity contribution in [1.82, 2.24) is 9.97 Å². The molecule has 5 nitrogen and oxygen atoms in total. The van der Waals surface area contributed by atoms with Crippen molar-refractivity contribution < 1.29 is 4.79 Å². The lowest BCUT2D eigenvalue weighted by Crippen LogP contribution is -2.14. The fourth-order valence-electron chi connectivity index (χ4n) is 3.10. The molecular formula is C23H20N4O. The minimum Gasteiger partial charge on any atom is -0.364 e. The first-order valence-electron chi connectivity index (χ1n) is 9.13. The van der Waals surface area contributed by atoms with E-state index in [2.05, 4.69) is 39.7 Å². The van der Waals surface area contributed by atoms with Crippen LogP contribution in [0.4, 0.5) is 11.5 Å². The summed E-state index contributed by atoms with van der Waals surface area (Å²) in [6.07, 6.45) is 3.35. The van der Waals surface area contributed by atoms with Gasteiger partial charge in [-0.3, -0.25) is 9.78 Å². The molecule has 0 saturated heterocycles. The van der Waals surface area contributed by atoms with E-state index in [9.17, 15) is 4.79 Å². The average molecular weight is 368 g/mol. The molecule has 2 aromatic heterocycles. The fourth-order valence-corrected chi connectivity index (χ4v) is 3.10. The zero-order valence-corrected chi connectivity index (χ0v) is 15.5. The Bertz CT molecular complexity index is 1110. The van der Waals surface area contributed by atoms with E-state index in [1.165, 1.54) is 0 Å². The number of benzene rings is 2. The number of nitrogens with zero attached hydrogens (tertiary/aromatic N) is 2. The van der Waals surface area contributed by atoms with Gasteiger partial charge in [0.2, 0.25) is 0 Å². The Balaban J connectivity index is 1.53. The largest absolute Gasteiger partial charge is 0.364 e. The average Bonchev–Trinajstić information content (AvgIpc) is 2.75. The number of para-hydroxylation sites is 1. The summed E-state index contributed by atoms with van der Waals surface area (Å²) in [5.74, 6) is 0.455. The lowest BCUT2D eigenvalue weighted by molar-refractivity contribution is 0.102. The number of hydrogen-bond donors (Lipinski definition) is 2. The fraction of sp³-hybridized carbons (Fsp3) is 0.0870. The Morgan fingerprint density at radius 2 is 1.71 bits per heavy atom. The van der Waals surface area contributed by atoms with Crippen LogP contribution in [0.5, 0.6) is 0 Å². The number of hydrogen-bond acceptors (Lipinski definition) is 4. The molecule has 2 N–H and O–H groups in total. The van der Waals surface area contributed by atoms with Gasteiger partial charge in [-0.1, -0.05) is 48.5 Å². The first-order chi connectivity index (χ1) is 13.7. The summed E-state index contributed by atoms with van der Waals surface area (Å²) in [7, 11) is 0. The van der Waals surface area contributed by atoms with Gasteiger partial charge >= 0.3 is 0 Å². The smallest absolute Gasteiger partial charge is 0.255 e. The van der Waals surface area contributed by atoms with Gasteiger partial charge in [-0.15, -0.1) is 0 Å². The van der Waals surface area contributed by atoms with E-state index in [0.29, 0.717) is 17.1 Å². The maximum absolute atomic E-state index is 12.8. The Morgan fingerprint density at radius 1 is 0.893 bits per heavy atom. The summed E-state index contributed by atoms with van der Waals surface area (Å²) in [4.78, 5) is 21.5. The molecule has 1 amide bonds. The molecule has 5 heteroatoms. The highest BCUT2D eigenvalue weighted by Crippen LogP contribution is 2.22. The van der Waals surface area contributed by atoms with Crippen LogP contribution in [0.15, 0.2) is 85.2 Å². The number of nitrogens with one attached hydrogen (secondary N) is 2. The zero-order chi connectivity index (χ0) is 19.3. The standard InChI is InChI=1S/C23H20N4O/c1-16(17-7-3-2-4-8-17)26-21-15-19(12-14-24-21)23(28)27-20-11-5-9-18-10-6-13-25-22(18)20/h2-16H,1H3,(H,24,26)(H,27,28). The minimum absolute atomic E-state index is 0.0780. The van der Waals surface area contributed by atoms with E-state index in [4.69, 9.17) is 0 Å². The molecule has 2 aromatic carbocycles. The SMILES string of the molecule is CC(Nc1cc(C(=O)Nc2cccc3cccnc23)ccn1)c1ccccc1. The van der Waals surface area contributed by atoms with Crippen LogP contribution in [0, 0.1) is 0 Å². The van der Waals surface area contributed by atoms with Crippen LogP contribution in [0.2, 0.25) is 0 Å². The summed E-state index contributed by atoms with van der Waals surface area (Å²) in [6, 6.07) is 23.2. The molecule has 0 aliphatic heterocycles. The van der Waals surface area contributed by atoms with Crippen LogP contribution in [0.25, 0.3) is 10.9 Å². The molecule has 28 heavy (non-hydrogen) atoms. The molecule has 4 rings (SSSR count). The van der Waals surface area contributed by atoms with E-state index < -0.39 is 0 Å². The molecule has 0 saturated carbocycles. The van der Waals surface area contributed by atoms with E-state index in [-0.39, 0.29) is 11.9 Å². The van der Waals surface area contributed by atoms with Crippen molar-refractivity contribution in [2.75, 3.05) is 10.6 Å². The molecule has 0 spiro atoms. The summed E-state index contributed by atoms with van der Waals surface area (Å²) >= 11 is 0. The quantitative estimate of drug-likeness (QED) is 0.517. The van der Waals surface area contributed by atoms with Crippen molar-refractivity contribution in [2.24, 2.45) is 0 Å². The van der Waals surface area contributed by atoms with Gasteiger partial charge < -0.3 is 10.6 Å². The van der Waals surface area contributed by atoms with Crippen molar-refractivity contribution >= 4 is 28.3 Å². The van der Waals surface area contributed by atoms with Gasteiger partial charge in [0, 0.05) is 29.4 Å².